The standard InChI is InChI=1S/C12H12BrNO2/c1-2-16-12(15)6-11-9(7-13)4-3-5-10(11)8-14/h3-5H,2,6-7H2,1H3. The Hall–Kier alpha value is -1.34. The molecule has 16 heavy (non-hydrogen) atoms. The van der Waals surface area contributed by atoms with Crippen LogP contribution in [-0.4, -0.2) is 12.6 Å². The highest BCUT2D eigenvalue weighted by molar-refractivity contribution is 9.08. The molecule has 0 aliphatic carbocycles. The van der Waals surface area contributed by atoms with Crippen molar-refractivity contribution < 1.29 is 9.53 Å². The molecule has 0 atom stereocenters. The highest BCUT2D eigenvalue weighted by atomic mass is 79.9. The highest BCUT2D eigenvalue weighted by Crippen LogP contribution is 2.18. The van der Waals surface area contributed by atoms with Gasteiger partial charge in [-0.1, -0.05) is 28.1 Å². The van der Waals surface area contributed by atoms with E-state index >= 15 is 0 Å². The third-order valence-corrected chi connectivity index (χ3v) is 2.77. The van der Waals surface area contributed by atoms with Gasteiger partial charge in [-0.05, 0) is 24.1 Å². The minimum Gasteiger partial charge on any atom is -0.466 e. The molecule has 4 heteroatoms. The van der Waals surface area contributed by atoms with Crippen LogP contribution in [0.4, 0.5) is 0 Å². The van der Waals surface area contributed by atoms with E-state index in [0.29, 0.717) is 17.5 Å². The summed E-state index contributed by atoms with van der Waals surface area (Å²) in [7, 11) is 0. The van der Waals surface area contributed by atoms with Gasteiger partial charge in [-0.3, -0.25) is 4.79 Å². The van der Waals surface area contributed by atoms with Crippen LogP contribution >= 0.6 is 15.9 Å². The molecule has 0 radical (unpaired) electrons. The lowest BCUT2D eigenvalue weighted by atomic mass is 10.00. The largest absolute Gasteiger partial charge is 0.466 e. The molecule has 84 valence electrons. The maximum Gasteiger partial charge on any atom is 0.310 e. The minimum atomic E-state index is -0.299. The lowest BCUT2D eigenvalue weighted by molar-refractivity contribution is -0.142. The lowest BCUT2D eigenvalue weighted by Gasteiger charge is -2.08. The van der Waals surface area contributed by atoms with Crippen molar-refractivity contribution in [2.75, 3.05) is 6.61 Å². The fraction of sp³-hybridized carbons (Fsp3) is 0.333. The molecule has 0 aliphatic rings. The molecule has 1 aromatic carbocycles. The zero-order chi connectivity index (χ0) is 12.0. The van der Waals surface area contributed by atoms with Crippen LogP contribution in [0, 0.1) is 11.3 Å². The number of hydrogen-bond acceptors (Lipinski definition) is 3. The molecule has 1 rings (SSSR count). The van der Waals surface area contributed by atoms with Crippen molar-refractivity contribution in [2.24, 2.45) is 0 Å². The first-order valence-electron chi connectivity index (χ1n) is 4.95. The molecular formula is C12H12BrNO2. The summed E-state index contributed by atoms with van der Waals surface area (Å²) in [6.07, 6.45) is 0.151. The van der Waals surface area contributed by atoms with Crippen molar-refractivity contribution in [1.82, 2.24) is 0 Å². The Balaban J connectivity index is 3.01. The number of rotatable bonds is 4. The smallest absolute Gasteiger partial charge is 0.310 e. The van der Waals surface area contributed by atoms with E-state index in [2.05, 4.69) is 22.0 Å². The topological polar surface area (TPSA) is 50.1 Å². The van der Waals surface area contributed by atoms with E-state index in [1.54, 1.807) is 13.0 Å². The van der Waals surface area contributed by atoms with E-state index in [-0.39, 0.29) is 12.4 Å². The first kappa shape index (κ1) is 12.7. The van der Waals surface area contributed by atoms with Gasteiger partial charge in [-0.15, -0.1) is 0 Å². The monoisotopic (exact) mass is 281 g/mol. The van der Waals surface area contributed by atoms with Gasteiger partial charge in [0.25, 0.3) is 0 Å². The van der Waals surface area contributed by atoms with Crippen LogP contribution in [0.5, 0.6) is 0 Å². The number of ether oxygens (including phenoxy) is 1. The van der Waals surface area contributed by atoms with Gasteiger partial charge in [0.1, 0.15) is 0 Å². The van der Waals surface area contributed by atoms with E-state index in [9.17, 15) is 4.79 Å². The Kier molecular flexibility index (Phi) is 5.00. The van der Waals surface area contributed by atoms with Crippen LogP contribution in [-0.2, 0) is 21.3 Å². The number of hydrogen-bond donors (Lipinski definition) is 0. The van der Waals surface area contributed by atoms with E-state index in [1.807, 2.05) is 12.1 Å². The lowest BCUT2D eigenvalue weighted by Crippen LogP contribution is -2.10. The van der Waals surface area contributed by atoms with Crippen LogP contribution in [0.25, 0.3) is 0 Å². The van der Waals surface area contributed by atoms with Crippen molar-refractivity contribution in [1.29, 1.82) is 5.26 Å². The second kappa shape index (κ2) is 6.29. The number of halogens is 1. The quantitative estimate of drug-likeness (QED) is 0.630. The van der Waals surface area contributed by atoms with Crippen molar-refractivity contribution in [3.05, 3.63) is 34.9 Å². The summed E-state index contributed by atoms with van der Waals surface area (Å²) in [5.41, 5.74) is 2.23. The predicted molar refractivity (Wildman–Crippen MR) is 64.1 cm³/mol. The van der Waals surface area contributed by atoms with Crippen molar-refractivity contribution in [3.8, 4) is 6.07 Å². The first-order valence-corrected chi connectivity index (χ1v) is 6.07. The maximum absolute atomic E-state index is 11.4. The van der Waals surface area contributed by atoms with Crippen LogP contribution in [0.15, 0.2) is 18.2 Å². The van der Waals surface area contributed by atoms with Crippen molar-refractivity contribution >= 4 is 21.9 Å². The molecule has 0 N–H and O–H groups in total. The number of alkyl halides is 1. The average Bonchev–Trinajstić information content (AvgIpc) is 2.29. The molecule has 0 unspecified atom stereocenters. The van der Waals surface area contributed by atoms with Gasteiger partial charge in [0.05, 0.1) is 24.7 Å². The average molecular weight is 282 g/mol. The van der Waals surface area contributed by atoms with Gasteiger partial charge in [-0.25, -0.2) is 0 Å². The summed E-state index contributed by atoms with van der Waals surface area (Å²) in [6.45, 7) is 2.12. The van der Waals surface area contributed by atoms with Gasteiger partial charge < -0.3 is 4.74 Å². The highest BCUT2D eigenvalue weighted by Gasteiger charge is 2.12. The molecule has 1 aromatic rings. The van der Waals surface area contributed by atoms with Crippen LogP contribution < -0.4 is 0 Å². The molecule has 0 fully saturated rings. The summed E-state index contributed by atoms with van der Waals surface area (Å²) >= 11 is 3.34. The van der Waals surface area contributed by atoms with Crippen molar-refractivity contribution in [2.45, 2.75) is 18.7 Å². The van der Waals surface area contributed by atoms with Crippen LogP contribution in [0.3, 0.4) is 0 Å². The second-order valence-corrected chi connectivity index (χ2v) is 3.73. The minimum absolute atomic E-state index is 0.151. The van der Waals surface area contributed by atoms with Crippen LogP contribution in [0.1, 0.15) is 23.6 Å². The maximum atomic E-state index is 11.4. The summed E-state index contributed by atoms with van der Waals surface area (Å²) in [4.78, 5) is 11.4. The normalized spacial score (nSPS) is 9.56. The molecule has 0 heterocycles. The molecular weight excluding hydrogens is 270 g/mol. The van der Waals surface area contributed by atoms with Crippen molar-refractivity contribution in [3.63, 3.8) is 0 Å². The Morgan fingerprint density at radius 3 is 2.88 bits per heavy atom. The second-order valence-electron chi connectivity index (χ2n) is 3.17. The molecule has 0 bridgehead atoms. The number of carbonyl (C=O) groups excluding carboxylic acids is 1. The predicted octanol–water partition coefficient (Wildman–Crippen LogP) is 2.56. The summed E-state index contributed by atoms with van der Waals surface area (Å²) in [5, 5.41) is 9.59. The molecule has 0 aliphatic heterocycles. The zero-order valence-corrected chi connectivity index (χ0v) is 10.6. The Morgan fingerprint density at radius 1 is 1.56 bits per heavy atom. The Labute approximate surface area is 103 Å². The third-order valence-electron chi connectivity index (χ3n) is 2.16. The fourth-order valence-electron chi connectivity index (χ4n) is 1.43. The SMILES string of the molecule is CCOC(=O)Cc1c(C#N)cccc1CBr. The van der Waals surface area contributed by atoms with Gasteiger partial charge in [0.15, 0.2) is 0 Å². The first-order chi connectivity index (χ1) is 7.72. The molecule has 3 nitrogen and oxygen atoms in total. The number of carbonyl (C=O) groups is 1. The Bertz CT molecular complexity index is 424. The van der Waals surface area contributed by atoms with Gasteiger partial charge >= 0.3 is 5.97 Å². The number of nitriles is 1. The van der Waals surface area contributed by atoms with E-state index < -0.39 is 0 Å². The molecule has 0 spiro atoms. The van der Waals surface area contributed by atoms with Gasteiger partial charge in [0.2, 0.25) is 0 Å². The Morgan fingerprint density at radius 2 is 2.31 bits per heavy atom. The van der Waals surface area contributed by atoms with Gasteiger partial charge in [-0.2, -0.15) is 5.26 Å². The number of benzene rings is 1. The molecule has 0 amide bonds. The summed E-state index contributed by atoms with van der Waals surface area (Å²) in [5.74, 6) is -0.299. The molecule has 0 saturated carbocycles. The van der Waals surface area contributed by atoms with Crippen LogP contribution in [0.2, 0.25) is 0 Å². The zero-order valence-electron chi connectivity index (χ0n) is 9.00. The van der Waals surface area contributed by atoms with E-state index in [1.165, 1.54) is 0 Å². The molecule has 0 aromatic heterocycles. The third kappa shape index (κ3) is 3.07. The fourth-order valence-corrected chi connectivity index (χ4v) is 1.96. The number of esters is 1. The summed E-state index contributed by atoms with van der Waals surface area (Å²) in [6, 6.07) is 7.50. The molecule has 0 saturated heterocycles. The van der Waals surface area contributed by atoms with E-state index in [4.69, 9.17) is 10.00 Å². The van der Waals surface area contributed by atoms with Gasteiger partial charge in [0, 0.05) is 5.33 Å². The summed E-state index contributed by atoms with van der Waals surface area (Å²) < 4.78 is 4.88. The number of nitrogens with zero attached hydrogens (tertiary/aromatic N) is 1. The van der Waals surface area contributed by atoms with E-state index in [0.717, 1.165) is 11.1 Å².